The van der Waals surface area contributed by atoms with Crippen LogP contribution in [0.3, 0.4) is 0 Å². The van der Waals surface area contributed by atoms with Gasteiger partial charge in [-0.1, -0.05) is 12.1 Å². The molecule has 1 amide bonds. The van der Waals surface area contributed by atoms with Crippen molar-refractivity contribution in [2.24, 2.45) is 0 Å². The van der Waals surface area contributed by atoms with Gasteiger partial charge in [0.2, 0.25) is 0 Å². The number of carbonyl (C=O) groups excluding carboxylic acids is 2. The minimum atomic E-state index is -0.970. The fourth-order valence-electron chi connectivity index (χ4n) is 2.92. The van der Waals surface area contributed by atoms with Gasteiger partial charge >= 0.3 is 5.97 Å². The van der Waals surface area contributed by atoms with Crippen LogP contribution in [0.2, 0.25) is 0 Å². The van der Waals surface area contributed by atoms with E-state index in [4.69, 9.17) is 18.9 Å². The number of amides is 1. The number of anilines is 1. The monoisotopic (exact) mass is 399 g/mol. The molecule has 154 valence electrons. The highest BCUT2D eigenvalue weighted by Crippen LogP contribution is 2.23. The van der Waals surface area contributed by atoms with Crippen LogP contribution in [0.4, 0.5) is 5.69 Å². The minimum absolute atomic E-state index is 0.127. The number of benzene rings is 2. The highest BCUT2D eigenvalue weighted by Gasteiger charge is 2.20. The van der Waals surface area contributed by atoms with E-state index in [9.17, 15) is 9.59 Å². The molecule has 1 N–H and O–H groups in total. The number of methoxy groups -OCH3 is 1. The van der Waals surface area contributed by atoms with Gasteiger partial charge in [-0.15, -0.1) is 0 Å². The minimum Gasteiger partial charge on any atom is -0.495 e. The molecule has 0 aliphatic carbocycles. The van der Waals surface area contributed by atoms with Gasteiger partial charge in [0.05, 0.1) is 24.5 Å². The highest BCUT2D eigenvalue weighted by atomic mass is 16.5. The van der Waals surface area contributed by atoms with Crippen LogP contribution in [-0.2, 0) is 14.3 Å². The summed E-state index contributed by atoms with van der Waals surface area (Å²) in [6.07, 6.45) is 1.21. The Kier molecular flexibility index (Phi) is 7.08. The molecule has 0 spiro atoms. The summed E-state index contributed by atoms with van der Waals surface area (Å²) in [6.45, 7) is 2.79. The molecule has 2 aromatic rings. The Morgan fingerprint density at radius 2 is 1.93 bits per heavy atom. The molecule has 2 atom stereocenters. The molecule has 1 fully saturated rings. The first-order valence-corrected chi connectivity index (χ1v) is 9.56. The molecular formula is C22H25NO6. The normalized spacial score (nSPS) is 16.7. The summed E-state index contributed by atoms with van der Waals surface area (Å²) in [7, 11) is 1.52. The second-order valence-electron chi connectivity index (χ2n) is 6.71. The Bertz CT molecular complexity index is 829. The van der Waals surface area contributed by atoms with Crippen molar-refractivity contribution in [2.45, 2.75) is 32.0 Å². The average molecular weight is 399 g/mol. The summed E-state index contributed by atoms with van der Waals surface area (Å²) in [5.41, 5.74) is 0.849. The maximum Gasteiger partial charge on any atom is 0.338 e. The average Bonchev–Trinajstić information content (AvgIpc) is 3.26. The summed E-state index contributed by atoms with van der Waals surface area (Å²) < 4.78 is 21.7. The lowest BCUT2D eigenvalue weighted by Crippen LogP contribution is -2.30. The van der Waals surface area contributed by atoms with Crippen molar-refractivity contribution in [1.29, 1.82) is 0 Å². The Labute approximate surface area is 169 Å². The third-order valence-electron chi connectivity index (χ3n) is 4.57. The van der Waals surface area contributed by atoms with Crippen molar-refractivity contribution in [3.63, 3.8) is 0 Å². The zero-order valence-electron chi connectivity index (χ0n) is 16.6. The van der Waals surface area contributed by atoms with Gasteiger partial charge in [-0.3, -0.25) is 4.79 Å². The van der Waals surface area contributed by atoms with E-state index in [1.807, 2.05) is 0 Å². The molecule has 3 rings (SSSR count). The Hall–Kier alpha value is -3.06. The van der Waals surface area contributed by atoms with Crippen molar-refractivity contribution in [2.75, 3.05) is 25.6 Å². The highest BCUT2D eigenvalue weighted by molar-refractivity contribution is 5.98. The number of para-hydroxylation sites is 2. The van der Waals surface area contributed by atoms with Gasteiger partial charge in [-0.05, 0) is 56.2 Å². The fourth-order valence-corrected chi connectivity index (χ4v) is 2.92. The predicted molar refractivity (Wildman–Crippen MR) is 107 cm³/mol. The van der Waals surface area contributed by atoms with E-state index in [0.717, 1.165) is 19.4 Å². The number of hydrogen-bond donors (Lipinski definition) is 1. The lowest BCUT2D eigenvalue weighted by Gasteiger charge is -2.15. The van der Waals surface area contributed by atoms with E-state index >= 15 is 0 Å². The molecule has 29 heavy (non-hydrogen) atoms. The molecule has 1 aliphatic heterocycles. The van der Waals surface area contributed by atoms with Crippen LogP contribution in [0.15, 0.2) is 48.5 Å². The Morgan fingerprint density at radius 3 is 2.62 bits per heavy atom. The summed E-state index contributed by atoms with van der Waals surface area (Å²) >= 11 is 0. The number of hydrogen-bond acceptors (Lipinski definition) is 6. The first-order valence-electron chi connectivity index (χ1n) is 9.56. The molecule has 1 aliphatic rings. The molecule has 7 heteroatoms. The summed E-state index contributed by atoms with van der Waals surface area (Å²) in [6, 6.07) is 13.6. The SMILES string of the molecule is COc1ccccc1NC(=O)[C@H](C)OC(=O)c1ccc(OC[C@@H]2CCCO2)cc1. The maximum atomic E-state index is 12.3. The van der Waals surface area contributed by atoms with Gasteiger partial charge in [-0.25, -0.2) is 4.79 Å². The molecule has 0 bridgehead atoms. The standard InChI is InChI=1S/C22H25NO6/c1-15(21(24)23-19-7-3-4-8-20(19)26-2)29-22(25)16-9-11-17(12-10-16)28-14-18-6-5-13-27-18/h3-4,7-12,15,18H,5-6,13-14H2,1-2H3,(H,23,24)/t15-,18-/m0/s1. The van der Waals surface area contributed by atoms with Crippen LogP contribution in [0.1, 0.15) is 30.1 Å². The third kappa shape index (κ3) is 5.71. The van der Waals surface area contributed by atoms with Gasteiger partial charge in [0.15, 0.2) is 6.10 Å². The lowest BCUT2D eigenvalue weighted by atomic mass is 10.2. The second-order valence-corrected chi connectivity index (χ2v) is 6.71. The van der Waals surface area contributed by atoms with E-state index in [1.54, 1.807) is 48.5 Å². The zero-order valence-corrected chi connectivity index (χ0v) is 16.6. The van der Waals surface area contributed by atoms with Crippen molar-refractivity contribution in [1.82, 2.24) is 0 Å². The summed E-state index contributed by atoms with van der Waals surface area (Å²) in [5, 5.41) is 2.70. The van der Waals surface area contributed by atoms with Gasteiger partial charge in [-0.2, -0.15) is 0 Å². The zero-order chi connectivity index (χ0) is 20.6. The molecule has 0 saturated carbocycles. The van der Waals surface area contributed by atoms with Crippen molar-refractivity contribution < 1.29 is 28.5 Å². The summed E-state index contributed by atoms with van der Waals surface area (Å²) in [5.74, 6) is 0.148. The van der Waals surface area contributed by atoms with Crippen molar-refractivity contribution >= 4 is 17.6 Å². The number of ether oxygens (including phenoxy) is 4. The van der Waals surface area contributed by atoms with Gasteiger partial charge < -0.3 is 24.3 Å². The molecule has 1 saturated heterocycles. The van der Waals surface area contributed by atoms with E-state index in [-0.39, 0.29) is 6.10 Å². The first kappa shape index (κ1) is 20.7. The van der Waals surface area contributed by atoms with Crippen LogP contribution >= 0.6 is 0 Å². The quantitative estimate of drug-likeness (QED) is 0.685. The second kappa shape index (κ2) is 9.93. The van der Waals surface area contributed by atoms with Crippen LogP contribution in [0.5, 0.6) is 11.5 Å². The fraction of sp³-hybridized carbons (Fsp3) is 0.364. The van der Waals surface area contributed by atoms with Crippen LogP contribution in [0.25, 0.3) is 0 Å². The molecule has 2 aromatic carbocycles. The van der Waals surface area contributed by atoms with Gasteiger partial charge in [0, 0.05) is 6.61 Å². The predicted octanol–water partition coefficient (Wildman–Crippen LogP) is 3.44. The molecule has 0 aromatic heterocycles. The molecule has 0 unspecified atom stereocenters. The molecular weight excluding hydrogens is 374 g/mol. The Balaban J connectivity index is 1.51. The maximum absolute atomic E-state index is 12.3. The van der Waals surface area contributed by atoms with E-state index < -0.39 is 18.0 Å². The van der Waals surface area contributed by atoms with E-state index in [2.05, 4.69) is 5.32 Å². The number of carbonyl (C=O) groups is 2. The van der Waals surface area contributed by atoms with Crippen LogP contribution in [-0.4, -0.2) is 44.4 Å². The van der Waals surface area contributed by atoms with E-state index in [1.165, 1.54) is 14.0 Å². The van der Waals surface area contributed by atoms with E-state index in [0.29, 0.717) is 29.4 Å². The van der Waals surface area contributed by atoms with Crippen LogP contribution in [0, 0.1) is 0 Å². The lowest BCUT2D eigenvalue weighted by molar-refractivity contribution is -0.123. The largest absolute Gasteiger partial charge is 0.495 e. The molecule has 7 nitrogen and oxygen atoms in total. The Morgan fingerprint density at radius 1 is 1.17 bits per heavy atom. The van der Waals surface area contributed by atoms with Crippen molar-refractivity contribution in [3.8, 4) is 11.5 Å². The van der Waals surface area contributed by atoms with Crippen LogP contribution < -0.4 is 14.8 Å². The first-order chi connectivity index (χ1) is 14.1. The molecule has 0 radical (unpaired) electrons. The third-order valence-corrected chi connectivity index (χ3v) is 4.57. The summed E-state index contributed by atoms with van der Waals surface area (Å²) in [4.78, 5) is 24.7. The van der Waals surface area contributed by atoms with Crippen molar-refractivity contribution in [3.05, 3.63) is 54.1 Å². The van der Waals surface area contributed by atoms with Gasteiger partial charge in [0.25, 0.3) is 5.91 Å². The smallest absolute Gasteiger partial charge is 0.338 e. The number of nitrogens with one attached hydrogen (secondary N) is 1. The molecule has 1 heterocycles. The number of rotatable bonds is 8. The van der Waals surface area contributed by atoms with Gasteiger partial charge in [0.1, 0.15) is 18.1 Å². The number of esters is 1. The topological polar surface area (TPSA) is 83.1 Å².